The Labute approximate surface area is 200 Å². The Morgan fingerprint density at radius 2 is 1.91 bits per heavy atom. The number of ether oxygens (including phenoxy) is 1. The lowest BCUT2D eigenvalue weighted by Crippen LogP contribution is -2.30. The van der Waals surface area contributed by atoms with Crippen molar-refractivity contribution >= 4 is 29.0 Å². The number of ketones is 1. The van der Waals surface area contributed by atoms with Crippen LogP contribution in [-0.2, 0) is 16.1 Å². The average Bonchev–Trinajstić information content (AvgIpc) is 3.30. The van der Waals surface area contributed by atoms with Crippen LogP contribution in [0.2, 0.25) is 0 Å². The number of hydrogen-bond donors (Lipinski definition) is 1. The quantitative estimate of drug-likeness (QED) is 0.403. The van der Waals surface area contributed by atoms with Crippen LogP contribution in [0.5, 0.6) is 0 Å². The van der Waals surface area contributed by atoms with Gasteiger partial charge in [-0.3, -0.25) is 14.6 Å². The average molecular weight is 478 g/mol. The third-order valence-corrected chi connectivity index (χ3v) is 6.55. The molecule has 1 aromatic carbocycles. The second-order valence-corrected chi connectivity index (χ2v) is 8.98. The molecule has 1 amide bonds. The Morgan fingerprint density at radius 3 is 2.50 bits per heavy atom. The molecule has 1 aliphatic heterocycles. The highest BCUT2D eigenvalue weighted by molar-refractivity contribution is 7.14. The molecule has 1 N–H and O–H groups in total. The number of aliphatic hydroxyl groups is 1. The van der Waals surface area contributed by atoms with Crippen LogP contribution >= 0.6 is 11.3 Å². The molecule has 1 atom stereocenters. The smallest absolute Gasteiger partial charge is 0.338 e. The highest BCUT2D eigenvalue weighted by Gasteiger charge is 2.44. The molecule has 0 bridgehead atoms. The van der Waals surface area contributed by atoms with Crippen molar-refractivity contribution in [3.63, 3.8) is 0 Å². The fraction of sp³-hybridized carbons (Fsp3) is 0.240. The van der Waals surface area contributed by atoms with Crippen molar-refractivity contribution in [2.75, 3.05) is 6.61 Å². The number of amides is 1. The summed E-state index contributed by atoms with van der Waals surface area (Å²) in [5, 5.41) is 11.5. The molecule has 1 aliphatic rings. The first-order valence-electron chi connectivity index (χ1n) is 10.7. The number of thiazole rings is 1. The molecule has 4 rings (SSSR count). The van der Waals surface area contributed by atoms with Crippen LogP contribution in [0.25, 0.3) is 0 Å². The van der Waals surface area contributed by atoms with E-state index >= 15 is 0 Å². The van der Waals surface area contributed by atoms with Gasteiger partial charge in [-0.2, -0.15) is 0 Å². The Morgan fingerprint density at radius 1 is 1.18 bits per heavy atom. The van der Waals surface area contributed by atoms with Crippen molar-refractivity contribution < 1.29 is 24.2 Å². The van der Waals surface area contributed by atoms with E-state index in [0.717, 1.165) is 10.6 Å². The first kappa shape index (κ1) is 23.3. The molecule has 2 aromatic heterocycles. The lowest BCUT2D eigenvalue weighted by molar-refractivity contribution is -0.130. The normalized spacial score (nSPS) is 15.7. The highest BCUT2D eigenvalue weighted by atomic mass is 32.1. The van der Waals surface area contributed by atoms with Crippen LogP contribution in [-0.4, -0.2) is 44.2 Å². The lowest BCUT2D eigenvalue weighted by Gasteiger charge is -2.26. The Hall–Kier alpha value is -3.85. The number of benzene rings is 1. The van der Waals surface area contributed by atoms with Gasteiger partial charge >= 0.3 is 5.97 Å². The van der Waals surface area contributed by atoms with Crippen molar-refractivity contribution in [1.29, 1.82) is 0 Å². The first-order chi connectivity index (χ1) is 16.3. The van der Waals surface area contributed by atoms with E-state index in [4.69, 9.17) is 4.74 Å². The van der Waals surface area contributed by atoms with Gasteiger partial charge in [-0.1, -0.05) is 18.2 Å². The van der Waals surface area contributed by atoms with Crippen molar-refractivity contribution in [3.8, 4) is 0 Å². The molecule has 0 saturated heterocycles. The maximum atomic E-state index is 13.5. The number of carbonyl (C=O) groups excluding carboxylic acids is 3. The molecule has 3 aromatic rings. The molecule has 174 valence electrons. The van der Waals surface area contributed by atoms with Crippen LogP contribution in [0.15, 0.2) is 60.1 Å². The van der Waals surface area contributed by atoms with Crippen LogP contribution in [0.4, 0.5) is 0 Å². The van der Waals surface area contributed by atoms with Crippen LogP contribution in [0, 0.1) is 13.8 Å². The number of Topliss-reactive ketones (excluding diaryl/α,β-unsaturated/α-hetero) is 1. The van der Waals surface area contributed by atoms with Crippen molar-refractivity contribution in [3.05, 3.63) is 92.4 Å². The zero-order chi connectivity index (χ0) is 24.4. The summed E-state index contributed by atoms with van der Waals surface area (Å²) in [6, 6.07) is 9.33. The monoisotopic (exact) mass is 477 g/mol. The molecular weight excluding hydrogens is 454 g/mol. The summed E-state index contributed by atoms with van der Waals surface area (Å²) >= 11 is 1.23. The van der Waals surface area contributed by atoms with Gasteiger partial charge in [-0.25, -0.2) is 9.78 Å². The summed E-state index contributed by atoms with van der Waals surface area (Å²) < 4.78 is 5.01. The summed E-state index contributed by atoms with van der Waals surface area (Å²) in [5.74, 6) is -2.08. The number of nitrogens with zero attached hydrogens (tertiary/aromatic N) is 3. The summed E-state index contributed by atoms with van der Waals surface area (Å²) in [6.07, 6.45) is 3.17. The van der Waals surface area contributed by atoms with Crippen LogP contribution in [0.3, 0.4) is 0 Å². The van der Waals surface area contributed by atoms with Gasteiger partial charge in [0.15, 0.2) is 5.76 Å². The number of aryl methyl sites for hydroxylation is 2. The summed E-state index contributed by atoms with van der Waals surface area (Å²) in [5.41, 5.74) is 2.29. The number of pyridine rings is 1. The molecule has 0 radical (unpaired) electrons. The molecule has 8 nitrogen and oxygen atoms in total. The third kappa shape index (κ3) is 4.34. The fourth-order valence-electron chi connectivity index (χ4n) is 3.95. The second-order valence-electron chi connectivity index (χ2n) is 7.78. The Bertz CT molecular complexity index is 1280. The number of esters is 1. The summed E-state index contributed by atoms with van der Waals surface area (Å²) in [7, 11) is 0. The number of aliphatic hydroxyl groups excluding tert-OH is 1. The lowest BCUT2D eigenvalue weighted by atomic mass is 9.96. The van der Waals surface area contributed by atoms with Gasteiger partial charge in [0.05, 0.1) is 39.4 Å². The number of aromatic nitrogens is 2. The van der Waals surface area contributed by atoms with E-state index in [-0.39, 0.29) is 18.7 Å². The van der Waals surface area contributed by atoms with Gasteiger partial charge in [0.25, 0.3) is 5.91 Å². The Balaban J connectivity index is 1.70. The maximum Gasteiger partial charge on any atom is 0.338 e. The van der Waals surface area contributed by atoms with E-state index in [0.29, 0.717) is 21.7 Å². The van der Waals surface area contributed by atoms with Crippen LogP contribution in [0.1, 0.15) is 54.8 Å². The fourth-order valence-corrected chi connectivity index (χ4v) is 4.83. The van der Waals surface area contributed by atoms with Gasteiger partial charge in [0, 0.05) is 18.9 Å². The molecule has 0 fully saturated rings. The minimum absolute atomic E-state index is 0.00731. The maximum absolute atomic E-state index is 13.5. The van der Waals surface area contributed by atoms with E-state index < -0.39 is 29.5 Å². The standard InChI is InChI=1S/C25H23N3O5S/c1-4-33-25(32)17-9-7-16(8-10-17)13-28-20(18-6-5-11-26-12-18)19(22(30)24(28)31)21(29)23-14(2)27-15(3)34-23/h5-12,20,30H,4,13H2,1-3H3. The Kier molecular flexibility index (Phi) is 6.56. The minimum Gasteiger partial charge on any atom is -0.503 e. The summed E-state index contributed by atoms with van der Waals surface area (Å²) in [4.78, 5) is 48.9. The van der Waals surface area contributed by atoms with E-state index in [1.165, 1.54) is 16.2 Å². The molecule has 0 saturated carbocycles. The van der Waals surface area contributed by atoms with Gasteiger partial charge < -0.3 is 14.7 Å². The number of hydrogen-bond acceptors (Lipinski definition) is 8. The minimum atomic E-state index is -0.819. The predicted octanol–water partition coefficient (Wildman–Crippen LogP) is 4.11. The van der Waals surface area contributed by atoms with Crippen LogP contribution < -0.4 is 0 Å². The van der Waals surface area contributed by atoms with E-state index in [2.05, 4.69) is 9.97 Å². The van der Waals surface area contributed by atoms with E-state index in [9.17, 15) is 19.5 Å². The van der Waals surface area contributed by atoms with Crippen molar-refractivity contribution in [2.45, 2.75) is 33.4 Å². The molecule has 0 aliphatic carbocycles. The number of rotatable bonds is 7. The highest BCUT2D eigenvalue weighted by Crippen LogP contribution is 2.40. The zero-order valence-electron chi connectivity index (χ0n) is 18.9. The second kappa shape index (κ2) is 9.56. The van der Waals surface area contributed by atoms with Gasteiger partial charge in [0.1, 0.15) is 0 Å². The van der Waals surface area contributed by atoms with E-state index in [1.54, 1.807) is 69.6 Å². The third-order valence-electron chi connectivity index (χ3n) is 5.48. The molecule has 0 spiro atoms. The van der Waals surface area contributed by atoms with Crippen molar-refractivity contribution in [2.24, 2.45) is 0 Å². The molecule has 9 heteroatoms. The topological polar surface area (TPSA) is 110 Å². The molecule has 34 heavy (non-hydrogen) atoms. The van der Waals surface area contributed by atoms with Gasteiger partial charge in [-0.05, 0) is 50.1 Å². The predicted molar refractivity (Wildman–Crippen MR) is 125 cm³/mol. The SMILES string of the molecule is CCOC(=O)c1ccc(CN2C(=O)C(O)=C(C(=O)c3sc(C)nc3C)C2c2cccnc2)cc1. The first-order valence-corrected chi connectivity index (χ1v) is 11.5. The van der Waals surface area contributed by atoms with E-state index in [1.807, 2.05) is 0 Å². The van der Waals surface area contributed by atoms with Gasteiger partial charge in [0.2, 0.25) is 5.78 Å². The van der Waals surface area contributed by atoms with Crippen molar-refractivity contribution in [1.82, 2.24) is 14.9 Å². The number of carbonyl (C=O) groups is 3. The zero-order valence-corrected chi connectivity index (χ0v) is 19.8. The summed E-state index contributed by atoms with van der Waals surface area (Å²) in [6.45, 7) is 5.65. The molecule has 3 heterocycles. The largest absolute Gasteiger partial charge is 0.503 e. The van der Waals surface area contributed by atoms with Gasteiger partial charge in [-0.15, -0.1) is 11.3 Å². The molecular formula is C25H23N3O5S. The molecule has 1 unspecified atom stereocenters.